The predicted molar refractivity (Wildman–Crippen MR) is 218 cm³/mol. The number of benzene rings is 7. The van der Waals surface area contributed by atoms with E-state index in [4.69, 9.17) is 0 Å². The molecular weight excluding hydrogens is 993 g/mol. The van der Waals surface area contributed by atoms with Crippen LogP contribution in [-0.2, 0) is 6.54 Å². The summed E-state index contributed by atoms with van der Waals surface area (Å²) in [6, 6.07) is 30.6. The summed E-state index contributed by atoms with van der Waals surface area (Å²) in [4.78, 5) is 0. The highest BCUT2D eigenvalue weighted by atomic mass is 19.2. The first-order chi connectivity index (χ1) is 33.4. The minimum Gasteiger partial charge on any atom is -0.207 e. The van der Waals surface area contributed by atoms with Crippen LogP contribution < -0.4 is 26.4 Å². The third kappa shape index (κ3) is 8.29. The van der Waals surface area contributed by atoms with Crippen LogP contribution in [0.15, 0.2) is 91.1 Å². The second kappa shape index (κ2) is 19.4. The number of halogens is 20. The summed E-state index contributed by atoms with van der Waals surface area (Å²) in [6.07, 6.45) is -5.01. The largest absolute Gasteiger partial charge is 0.220 e. The Morgan fingerprint density at radius 3 is 1.00 bits per heavy atom. The quantitative estimate of drug-likeness (QED) is 0.0470. The van der Waals surface area contributed by atoms with Gasteiger partial charge in [-0.2, -0.15) is 4.57 Å². The van der Waals surface area contributed by atoms with Gasteiger partial charge in [-0.3, -0.25) is 0 Å². The molecular formula is C49H24BF20N. The van der Waals surface area contributed by atoms with Crippen molar-refractivity contribution in [3.05, 3.63) is 219 Å². The van der Waals surface area contributed by atoms with Gasteiger partial charge in [0.2, 0.25) is 5.69 Å². The fraction of sp³-hybridized carbons (Fsp3) is 0.0816. The molecule has 0 aliphatic rings. The van der Waals surface area contributed by atoms with Crippen molar-refractivity contribution in [1.82, 2.24) is 0 Å². The van der Waals surface area contributed by atoms with Gasteiger partial charge in [0.1, 0.15) is 52.7 Å². The maximum absolute atomic E-state index is 15.4. The van der Waals surface area contributed by atoms with E-state index in [-0.39, 0.29) is 0 Å². The van der Waals surface area contributed by atoms with Crippen molar-refractivity contribution >= 4 is 38.8 Å². The van der Waals surface area contributed by atoms with E-state index in [1.54, 1.807) is 0 Å². The van der Waals surface area contributed by atoms with Gasteiger partial charge < -0.3 is 0 Å². The molecule has 8 rings (SSSR count). The van der Waals surface area contributed by atoms with Crippen LogP contribution in [0, 0.1) is 116 Å². The van der Waals surface area contributed by atoms with E-state index in [0.717, 1.165) is 6.54 Å². The van der Waals surface area contributed by atoms with Gasteiger partial charge in [0.05, 0.1) is 5.39 Å². The van der Waals surface area contributed by atoms with Crippen LogP contribution >= 0.6 is 0 Å². The van der Waals surface area contributed by atoms with Crippen LogP contribution in [0.4, 0.5) is 87.8 Å². The second-order valence-corrected chi connectivity index (χ2v) is 15.9. The molecule has 0 bridgehead atoms. The summed E-state index contributed by atoms with van der Waals surface area (Å²) in [5.41, 5.74) is -9.09. The first kappa shape index (κ1) is 51.5. The lowest BCUT2D eigenvalue weighted by Crippen LogP contribution is -2.81. The molecule has 0 unspecified atom stereocenters. The third-order valence-corrected chi connectivity index (χ3v) is 11.7. The van der Waals surface area contributed by atoms with Crippen molar-refractivity contribution < 1.29 is 92.4 Å². The summed E-state index contributed by atoms with van der Waals surface area (Å²) in [5.74, 6) is -70.9. The molecule has 0 radical (unpaired) electrons. The molecule has 1 heterocycles. The summed E-state index contributed by atoms with van der Waals surface area (Å²) in [7, 11) is 0. The van der Waals surface area contributed by atoms with Crippen molar-refractivity contribution in [3.63, 3.8) is 0 Å². The Hall–Kier alpha value is -7.39. The van der Waals surface area contributed by atoms with Gasteiger partial charge in [0, 0.05) is 17.2 Å². The number of pyridine rings is 1. The minimum atomic E-state index is -7.22. The van der Waals surface area contributed by atoms with Gasteiger partial charge in [-0.1, -0.05) is 74.5 Å². The van der Waals surface area contributed by atoms with Crippen molar-refractivity contribution in [2.45, 2.75) is 26.3 Å². The number of rotatable bonds is 8. The van der Waals surface area contributed by atoms with Crippen molar-refractivity contribution in [2.24, 2.45) is 0 Å². The third-order valence-electron chi connectivity index (χ3n) is 11.7. The highest BCUT2D eigenvalue weighted by Gasteiger charge is 2.52. The predicted octanol–water partition coefficient (Wildman–Crippen LogP) is 11.8. The summed E-state index contributed by atoms with van der Waals surface area (Å²) in [5, 5.41) is 2.57. The lowest BCUT2D eigenvalue weighted by atomic mass is 9.12. The molecule has 1 aromatic heterocycles. The van der Waals surface area contributed by atoms with E-state index < -0.39 is 144 Å². The Morgan fingerprint density at radius 1 is 0.352 bits per heavy atom. The fourth-order valence-corrected chi connectivity index (χ4v) is 8.39. The Kier molecular flexibility index (Phi) is 14.1. The molecule has 368 valence electrons. The molecule has 71 heavy (non-hydrogen) atoms. The van der Waals surface area contributed by atoms with Gasteiger partial charge >= 0.3 is 0 Å². The van der Waals surface area contributed by atoms with Crippen LogP contribution in [0.1, 0.15) is 30.9 Å². The molecule has 22 heteroatoms. The molecule has 0 saturated carbocycles. The molecule has 0 amide bonds. The van der Waals surface area contributed by atoms with Crippen LogP contribution in [0.5, 0.6) is 0 Å². The number of aromatic nitrogens is 1. The molecule has 0 saturated heterocycles. The van der Waals surface area contributed by atoms with Crippen molar-refractivity contribution in [2.75, 3.05) is 0 Å². The second-order valence-electron chi connectivity index (χ2n) is 15.9. The van der Waals surface area contributed by atoms with E-state index in [1.165, 1.54) is 33.2 Å². The van der Waals surface area contributed by atoms with E-state index in [0.29, 0.717) is 5.92 Å². The molecule has 8 aromatic rings. The van der Waals surface area contributed by atoms with Crippen LogP contribution in [0.25, 0.3) is 22.0 Å². The average Bonchev–Trinajstić information content (AvgIpc) is 3.36. The normalized spacial score (nSPS) is 11.7. The molecule has 0 N–H and O–H groups in total. The van der Waals surface area contributed by atoms with Gasteiger partial charge in [0.15, 0.2) is 82.5 Å². The van der Waals surface area contributed by atoms with E-state index >= 15 is 35.1 Å². The first-order valence-corrected chi connectivity index (χ1v) is 20.2. The number of hydrogen-bond acceptors (Lipinski definition) is 0. The molecule has 0 fully saturated rings. The van der Waals surface area contributed by atoms with E-state index in [9.17, 15) is 52.7 Å². The van der Waals surface area contributed by atoms with Crippen molar-refractivity contribution in [3.8, 4) is 11.3 Å². The Balaban J connectivity index is 0.000000240. The molecule has 1 nitrogen and oxygen atoms in total. The Morgan fingerprint density at radius 2 is 0.662 bits per heavy atom. The Bertz CT molecular complexity index is 3040. The first-order valence-electron chi connectivity index (χ1n) is 20.2. The average molecular weight is 1020 g/mol. The Labute approximate surface area is 386 Å². The van der Waals surface area contributed by atoms with E-state index in [2.05, 4.69) is 110 Å². The standard InChI is InChI=1S/C25H24N.C24BF20/c1-19(2)21-12-14-23(15-13-21)25-24-11-7-6-10-22(24)16-17-26(25)18-20-8-4-3-5-9-20;26-5-1(6(27)14(35)21(42)13(5)34)25(2-7(28)15(36)22(43)16(37)8(2)29,3-9(30)17(38)23(44)18(39)10(3)31)4-11(32)19(40)24(45)20(41)12(4)33/h3-17,19H,18H2,1-2H3;/q+1;-1. The summed E-state index contributed by atoms with van der Waals surface area (Å²) >= 11 is 0. The fourth-order valence-electron chi connectivity index (χ4n) is 8.39. The van der Waals surface area contributed by atoms with Gasteiger partial charge in [-0.15, -0.1) is 21.9 Å². The van der Waals surface area contributed by atoms with Gasteiger partial charge in [0.25, 0.3) is 0 Å². The smallest absolute Gasteiger partial charge is 0.207 e. The zero-order valence-electron chi connectivity index (χ0n) is 35.5. The molecule has 0 aliphatic heterocycles. The highest BCUT2D eigenvalue weighted by Crippen LogP contribution is 2.32. The lowest BCUT2D eigenvalue weighted by Gasteiger charge is -2.44. The topological polar surface area (TPSA) is 3.88 Å². The molecule has 7 aromatic carbocycles. The van der Waals surface area contributed by atoms with Crippen LogP contribution in [0.3, 0.4) is 0 Å². The number of fused-ring (bicyclic) bond motifs is 1. The van der Waals surface area contributed by atoms with Gasteiger partial charge in [-0.05, 0) is 35.1 Å². The molecule has 0 atom stereocenters. The zero-order chi connectivity index (χ0) is 52.3. The van der Waals surface area contributed by atoms with Gasteiger partial charge in [-0.25, -0.2) is 87.8 Å². The zero-order valence-corrected chi connectivity index (χ0v) is 35.5. The summed E-state index contributed by atoms with van der Waals surface area (Å²) < 4.78 is 296. The molecule has 0 aliphatic carbocycles. The van der Waals surface area contributed by atoms with E-state index in [1.807, 2.05) is 0 Å². The van der Waals surface area contributed by atoms with Crippen LogP contribution in [0.2, 0.25) is 0 Å². The maximum atomic E-state index is 15.4. The number of hydrogen-bond donors (Lipinski definition) is 0. The SMILES string of the molecule is CC(C)c1ccc(-c2c3ccccc3cc[n+]2Cc2ccccc2)cc1.Fc1c(F)c(F)c([B-](c2c(F)c(F)c(F)c(F)c2F)(c2c(F)c(F)c(F)c(F)c2F)c2c(F)c(F)c(F)c(F)c2F)c(F)c1F. The van der Waals surface area contributed by atoms with Crippen molar-refractivity contribution in [1.29, 1.82) is 0 Å². The monoisotopic (exact) mass is 1020 g/mol. The molecule has 0 spiro atoms. The number of nitrogens with zero attached hydrogens (tertiary/aromatic N) is 1. The maximum Gasteiger partial charge on any atom is 0.220 e. The summed E-state index contributed by atoms with van der Waals surface area (Å²) in [6.45, 7) is 5.35. The highest BCUT2D eigenvalue weighted by molar-refractivity contribution is 7.20. The van der Waals surface area contributed by atoms with Crippen LogP contribution in [-0.4, -0.2) is 6.15 Å². The minimum absolute atomic E-state index is 0.549. The lowest BCUT2D eigenvalue weighted by molar-refractivity contribution is -0.676.